The number of halogens is 3. The standard InChI is InChI=1S/C12H7BrF2N2O2/c13-7-1-2-11(12(3-7)17(18)19)16-10-5-8(14)4-9(15)6-10/h1-6,16H. The average Bonchev–Trinajstić information content (AvgIpc) is 2.30. The fourth-order valence-electron chi connectivity index (χ4n) is 1.54. The van der Waals surface area contributed by atoms with Crippen LogP contribution in [0.3, 0.4) is 0 Å². The lowest BCUT2D eigenvalue weighted by Crippen LogP contribution is -1.98. The Morgan fingerprint density at radius 3 is 2.32 bits per heavy atom. The number of nitrogens with one attached hydrogen (secondary N) is 1. The quantitative estimate of drug-likeness (QED) is 0.672. The van der Waals surface area contributed by atoms with Crippen molar-refractivity contribution < 1.29 is 13.7 Å². The summed E-state index contributed by atoms with van der Waals surface area (Å²) >= 11 is 3.12. The Kier molecular flexibility index (Phi) is 3.75. The van der Waals surface area contributed by atoms with Crippen molar-refractivity contribution in [3.05, 3.63) is 62.6 Å². The maximum atomic E-state index is 13.0. The molecule has 0 fully saturated rings. The normalized spacial score (nSPS) is 10.3. The monoisotopic (exact) mass is 328 g/mol. The number of hydrogen-bond acceptors (Lipinski definition) is 3. The molecule has 0 heterocycles. The molecule has 0 saturated carbocycles. The van der Waals surface area contributed by atoms with Gasteiger partial charge in [-0.15, -0.1) is 0 Å². The first-order chi connectivity index (χ1) is 8.95. The number of anilines is 2. The molecule has 2 aromatic carbocycles. The first kappa shape index (κ1) is 13.4. The lowest BCUT2D eigenvalue weighted by molar-refractivity contribution is -0.384. The molecule has 0 aliphatic rings. The van der Waals surface area contributed by atoms with E-state index in [-0.39, 0.29) is 17.1 Å². The number of benzene rings is 2. The van der Waals surface area contributed by atoms with Crippen molar-refractivity contribution in [3.63, 3.8) is 0 Å². The minimum atomic E-state index is -0.762. The Hall–Kier alpha value is -2.02. The van der Waals surface area contributed by atoms with Gasteiger partial charge < -0.3 is 5.32 Å². The van der Waals surface area contributed by atoms with Crippen LogP contribution in [-0.2, 0) is 0 Å². The van der Waals surface area contributed by atoms with Gasteiger partial charge in [-0.05, 0) is 24.3 Å². The summed E-state index contributed by atoms with van der Waals surface area (Å²) in [5.41, 5.74) is 0.0557. The third kappa shape index (κ3) is 3.25. The molecule has 0 aliphatic heterocycles. The van der Waals surface area contributed by atoms with Gasteiger partial charge in [0.15, 0.2) is 0 Å². The molecule has 4 nitrogen and oxygen atoms in total. The first-order valence-electron chi connectivity index (χ1n) is 5.13. The summed E-state index contributed by atoms with van der Waals surface area (Å²) < 4.78 is 26.6. The largest absolute Gasteiger partial charge is 0.350 e. The van der Waals surface area contributed by atoms with Crippen LogP contribution < -0.4 is 5.32 Å². The van der Waals surface area contributed by atoms with E-state index in [2.05, 4.69) is 21.2 Å². The third-order valence-electron chi connectivity index (χ3n) is 2.30. The zero-order valence-corrected chi connectivity index (χ0v) is 10.9. The van der Waals surface area contributed by atoms with E-state index in [1.807, 2.05) is 0 Å². The fraction of sp³-hybridized carbons (Fsp3) is 0. The molecule has 98 valence electrons. The van der Waals surface area contributed by atoms with Gasteiger partial charge in [-0.25, -0.2) is 8.78 Å². The molecular weight excluding hydrogens is 322 g/mol. The van der Waals surface area contributed by atoms with Gasteiger partial charge >= 0.3 is 0 Å². The molecule has 0 bridgehead atoms. The molecule has 1 N–H and O–H groups in total. The average molecular weight is 329 g/mol. The second-order valence-corrected chi connectivity index (χ2v) is 4.62. The molecular formula is C12H7BrF2N2O2. The van der Waals surface area contributed by atoms with Gasteiger partial charge in [-0.3, -0.25) is 10.1 Å². The van der Waals surface area contributed by atoms with E-state index in [9.17, 15) is 18.9 Å². The van der Waals surface area contributed by atoms with Crippen molar-refractivity contribution in [3.8, 4) is 0 Å². The lowest BCUT2D eigenvalue weighted by Gasteiger charge is -2.07. The molecule has 2 rings (SSSR count). The number of nitrogens with zero attached hydrogens (tertiary/aromatic N) is 1. The van der Waals surface area contributed by atoms with Gasteiger partial charge in [0.1, 0.15) is 17.3 Å². The number of nitro benzene ring substituents is 1. The highest BCUT2D eigenvalue weighted by Gasteiger charge is 2.14. The molecule has 0 atom stereocenters. The lowest BCUT2D eigenvalue weighted by atomic mass is 10.2. The van der Waals surface area contributed by atoms with E-state index < -0.39 is 16.6 Å². The summed E-state index contributed by atoms with van der Waals surface area (Å²) in [6.45, 7) is 0. The molecule has 0 radical (unpaired) electrons. The summed E-state index contributed by atoms with van der Waals surface area (Å²) in [5.74, 6) is -1.52. The molecule has 0 aliphatic carbocycles. The summed E-state index contributed by atoms with van der Waals surface area (Å²) in [7, 11) is 0. The molecule has 0 amide bonds. The topological polar surface area (TPSA) is 55.2 Å². The van der Waals surface area contributed by atoms with E-state index in [4.69, 9.17) is 0 Å². The van der Waals surface area contributed by atoms with Crippen molar-refractivity contribution >= 4 is 33.0 Å². The Morgan fingerprint density at radius 1 is 1.11 bits per heavy atom. The Morgan fingerprint density at radius 2 is 1.74 bits per heavy atom. The van der Waals surface area contributed by atoms with Crippen LogP contribution >= 0.6 is 15.9 Å². The van der Waals surface area contributed by atoms with Gasteiger partial charge in [0, 0.05) is 22.3 Å². The van der Waals surface area contributed by atoms with Crippen LogP contribution in [0.4, 0.5) is 25.8 Å². The molecule has 0 unspecified atom stereocenters. The number of rotatable bonds is 3. The Labute approximate surface area is 115 Å². The van der Waals surface area contributed by atoms with Gasteiger partial charge in [-0.2, -0.15) is 0 Å². The predicted molar refractivity (Wildman–Crippen MR) is 70.4 cm³/mol. The maximum absolute atomic E-state index is 13.0. The molecule has 0 aromatic heterocycles. The smallest absolute Gasteiger partial charge is 0.293 e. The minimum absolute atomic E-state index is 0.0999. The first-order valence-corrected chi connectivity index (χ1v) is 5.92. The van der Waals surface area contributed by atoms with Crippen LogP contribution in [0.5, 0.6) is 0 Å². The van der Waals surface area contributed by atoms with Crippen LogP contribution in [0.25, 0.3) is 0 Å². The molecule has 0 saturated heterocycles. The highest BCUT2D eigenvalue weighted by atomic mass is 79.9. The highest BCUT2D eigenvalue weighted by Crippen LogP contribution is 2.30. The molecule has 7 heteroatoms. The number of nitro groups is 1. The van der Waals surface area contributed by atoms with Crippen LogP contribution in [0.15, 0.2) is 40.9 Å². The van der Waals surface area contributed by atoms with Crippen molar-refractivity contribution in [2.24, 2.45) is 0 Å². The summed E-state index contributed by atoms with van der Waals surface area (Å²) in [6, 6.07) is 7.17. The van der Waals surface area contributed by atoms with Gasteiger partial charge in [-0.1, -0.05) is 15.9 Å². The fourth-order valence-corrected chi connectivity index (χ4v) is 1.89. The minimum Gasteiger partial charge on any atom is -0.350 e. The number of hydrogen-bond donors (Lipinski definition) is 1. The van der Waals surface area contributed by atoms with Crippen LogP contribution in [0.2, 0.25) is 0 Å². The van der Waals surface area contributed by atoms with Crippen molar-refractivity contribution in [2.75, 3.05) is 5.32 Å². The van der Waals surface area contributed by atoms with E-state index in [0.717, 1.165) is 18.2 Å². The van der Waals surface area contributed by atoms with E-state index in [0.29, 0.717) is 4.47 Å². The zero-order chi connectivity index (χ0) is 14.0. The Balaban J connectivity index is 2.40. The van der Waals surface area contributed by atoms with Crippen LogP contribution in [-0.4, -0.2) is 4.92 Å². The maximum Gasteiger partial charge on any atom is 0.293 e. The SMILES string of the molecule is O=[N+]([O-])c1cc(Br)ccc1Nc1cc(F)cc(F)c1. The van der Waals surface area contributed by atoms with Crippen molar-refractivity contribution in [1.29, 1.82) is 0 Å². The van der Waals surface area contributed by atoms with Crippen molar-refractivity contribution in [1.82, 2.24) is 0 Å². The van der Waals surface area contributed by atoms with E-state index >= 15 is 0 Å². The van der Waals surface area contributed by atoms with Crippen LogP contribution in [0.1, 0.15) is 0 Å². The van der Waals surface area contributed by atoms with Crippen molar-refractivity contribution in [2.45, 2.75) is 0 Å². The van der Waals surface area contributed by atoms with Gasteiger partial charge in [0.2, 0.25) is 0 Å². The Bertz CT molecular complexity index is 629. The van der Waals surface area contributed by atoms with Crippen LogP contribution in [0, 0.1) is 21.7 Å². The highest BCUT2D eigenvalue weighted by molar-refractivity contribution is 9.10. The molecule has 19 heavy (non-hydrogen) atoms. The summed E-state index contributed by atoms with van der Waals surface area (Å²) in [5, 5.41) is 13.5. The molecule has 0 spiro atoms. The summed E-state index contributed by atoms with van der Waals surface area (Å²) in [4.78, 5) is 10.3. The predicted octanol–water partition coefficient (Wildman–Crippen LogP) is 4.38. The van der Waals surface area contributed by atoms with Gasteiger partial charge in [0.05, 0.1) is 4.92 Å². The van der Waals surface area contributed by atoms with Gasteiger partial charge in [0.25, 0.3) is 5.69 Å². The second kappa shape index (κ2) is 5.31. The zero-order valence-electron chi connectivity index (χ0n) is 9.36. The third-order valence-corrected chi connectivity index (χ3v) is 2.79. The van der Waals surface area contributed by atoms with E-state index in [1.54, 1.807) is 6.07 Å². The second-order valence-electron chi connectivity index (χ2n) is 3.70. The van der Waals surface area contributed by atoms with E-state index in [1.165, 1.54) is 12.1 Å². The molecule has 2 aromatic rings. The summed E-state index contributed by atoms with van der Waals surface area (Å²) in [6.07, 6.45) is 0.